The molecule has 0 aliphatic heterocycles. The third kappa shape index (κ3) is 1.83. The Morgan fingerprint density at radius 3 is 2.69 bits per heavy atom. The maximum Gasteiger partial charge on any atom is 0.304 e. The van der Waals surface area contributed by atoms with E-state index in [1.165, 1.54) is 7.11 Å². The number of carbonyl (C=O) groups is 1. The summed E-state index contributed by atoms with van der Waals surface area (Å²) < 4.78 is 5.02. The number of rotatable bonds is 4. The number of carboxylic acid groups (broad SMARTS) is 1. The van der Waals surface area contributed by atoms with Gasteiger partial charge in [0.2, 0.25) is 0 Å². The third-order valence-electron chi connectivity index (χ3n) is 3.14. The van der Waals surface area contributed by atoms with Gasteiger partial charge < -0.3 is 14.9 Å². The summed E-state index contributed by atoms with van der Waals surface area (Å²) in [4.78, 5) is 10.8. The standard InChI is InChI=1S/C12H14O4/c1-16-10-6-8(2-3-9(10)13)12(4-5-12)7-11(14)15/h2-3,6,13H,4-5,7H2,1H3,(H,14,15). The van der Waals surface area contributed by atoms with Crippen LogP contribution in [-0.2, 0) is 10.2 Å². The van der Waals surface area contributed by atoms with Gasteiger partial charge >= 0.3 is 5.97 Å². The summed E-state index contributed by atoms with van der Waals surface area (Å²) in [5.74, 6) is -0.309. The van der Waals surface area contributed by atoms with Crippen LogP contribution < -0.4 is 4.74 Å². The van der Waals surface area contributed by atoms with E-state index in [9.17, 15) is 9.90 Å². The van der Waals surface area contributed by atoms with Crippen molar-refractivity contribution in [3.8, 4) is 11.5 Å². The minimum atomic E-state index is -0.787. The molecule has 4 nitrogen and oxygen atoms in total. The molecule has 0 aromatic heterocycles. The molecular weight excluding hydrogens is 208 g/mol. The minimum absolute atomic E-state index is 0.0809. The highest BCUT2D eigenvalue weighted by molar-refractivity contribution is 5.70. The van der Waals surface area contributed by atoms with Gasteiger partial charge in [0.05, 0.1) is 13.5 Å². The van der Waals surface area contributed by atoms with E-state index >= 15 is 0 Å². The molecule has 1 aliphatic carbocycles. The highest BCUT2D eigenvalue weighted by atomic mass is 16.5. The summed E-state index contributed by atoms with van der Waals surface area (Å²) in [6.45, 7) is 0. The van der Waals surface area contributed by atoms with Gasteiger partial charge in [0.15, 0.2) is 11.5 Å². The van der Waals surface area contributed by atoms with Gasteiger partial charge in [-0.1, -0.05) is 6.07 Å². The summed E-state index contributed by atoms with van der Waals surface area (Å²) in [5.41, 5.74) is 0.692. The monoisotopic (exact) mass is 222 g/mol. The molecule has 2 N–H and O–H groups in total. The Morgan fingerprint density at radius 1 is 1.50 bits per heavy atom. The van der Waals surface area contributed by atoms with E-state index < -0.39 is 5.97 Å². The fraction of sp³-hybridized carbons (Fsp3) is 0.417. The number of phenolic OH excluding ortho intramolecular Hbond substituents is 1. The molecule has 1 aliphatic rings. The second-order valence-corrected chi connectivity index (χ2v) is 4.24. The Hall–Kier alpha value is -1.71. The molecule has 2 rings (SSSR count). The van der Waals surface area contributed by atoms with E-state index in [0.717, 1.165) is 18.4 Å². The summed E-state index contributed by atoms with van der Waals surface area (Å²) in [7, 11) is 1.48. The van der Waals surface area contributed by atoms with Crippen molar-refractivity contribution in [3.05, 3.63) is 23.8 Å². The molecule has 4 heteroatoms. The van der Waals surface area contributed by atoms with Crippen molar-refractivity contribution < 1.29 is 19.7 Å². The summed E-state index contributed by atoms with van der Waals surface area (Å²) in [6.07, 6.45) is 1.90. The quantitative estimate of drug-likeness (QED) is 0.816. The lowest BCUT2D eigenvalue weighted by Gasteiger charge is -2.14. The van der Waals surface area contributed by atoms with Crippen LogP contribution in [-0.4, -0.2) is 23.3 Å². The van der Waals surface area contributed by atoms with Crippen molar-refractivity contribution in [2.24, 2.45) is 0 Å². The molecule has 0 saturated heterocycles. The first-order valence-corrected chi connectivity index (χ1v) is 5.17. The zero-order valence-electron chi connectivity index (χ0n) is 9.06. The maximum absolute atomic E-state index is 10.8. The highest BCUT2D eigenvalue weighted by Crippen LogP contribution is 2.52. The summed E-state index contributed by atoms with van der Waals surface area (Å²) in [5, 5.41) is 18.3. The van der Waals surface area contributed by atoms with Crippen molar-refractivity contribution in [1.82, 2.24) is 0 Å². The fourth-order valence-electron chi connectivity index (χ4n) is 2.02. The topological polar surface area (TPSA) is 66.8 Å². The van der Waals surface area contributed by atoms with E-state index in [-0.39, 0.29) is 17.6 Å². The Labute approximate surface area is 93.5 Å². The second kappa shape index (κ2) is 3.70. The normalized spacial score (nSPS) is 16.8. The van der Waals surface area contributed by atoms with Crippen molar-refractivity contribution in [2.45, 2.75) is 24.7 Å². The highest BCUT2D eigenvalue weighted by Gasteiger charge is 2.46. The first-order valence-electron chi connectivity index (χ1n) is 5.17. The number of phenols is 1. The van der Waals surface area contributed by atoms with Crippen LogP contribution in [0.2, 0.25) is 0 Å². The molecule has 86 valence electrons. The van der Waals surface area contributed by atoms with E-state index in [4.69, 9.17) is 9.84 Å². The summed E-state index contributed by atoms with van der Waals surface area (Å²) >= 11 is 0. The maximum atomic E-state index is 10.8. The number of aromatic hydroxyl groups is 1. The number of hydrogen-bond donors (Lipinski definition) is 2. The molecule has 16 heavy (non-hydrogen) atoms. The van der Waals surface area contributed by atoms with Gasteiger partial charge in [-0.2, -0.15) is 0 Å². The van der Waals surface area contributed by atoms with E-state index in [0.29, 0.717) is 5.75 Å². The SMILES string of the molecule is COc1cc(C2(CC(=O)O)CC2)ccc1O. The number of methoxy groups -OCH3 is 1. The fourth-order valence-corrected chi connectivity index (χ4v) is 2.02. The van der Waals surface area contributed by atoms with E-state index in [1.807, 2.05) is 0 Å². The van der Waals surface area contributed by atoms with Crippen LogP contribution in [0.3, 0.4) is 0 Å². The van der Waals surface area contributed by atoms with Crippen LogP contribution in [0.1, 0.15) is 24.8 Å². The molecule has 0 spiro atoms. The Kier molecular flexibility index (Phi) is 2.50. The second-order valence-electron chi connectivity index (χ2n) is 4.24. The van der Waals surface area contributed by atoms with Crippen LogP contribution in [0.15, 0.2) is 18.2 Å². The molecule has 0 unspecified atom stereocenters. The molecule has 0 amide bonds. The first-order chi connectivity index (χ1) is 7.57. The molecule has 1 saturated carbocycles. The lowest BCUT2D eigenvalue weighted by Crippen LogP contribution is -2.12. The van der Waals surface area contributed by atoms with E-state index in [1.54, 1.807) is 18.2 Å². The van der Waals surface area contributed by atoms with Gasteiger partial charge in [-0.15, -0.1) is 0 Å². The lowest BCUT2D eigenvalue weighted by molar-refractivity contribution is -0.137. The number of benzene rings is 1. The molecule has 0 atom stereocenters. The first kappa shape index (κ1) is 10.8. The van der Waals surface area contributed by atoms with Crippen molar-refractivity contribution in [3.63, 3.8) is 0 Å². The number of ether oxygens (including phenoxy) is 1. The Bertz CT molecular complexity index is 421. The molecule has 1 fully saturated rings. The van der Waals surface area contributed by atoms with E-state index in [2.05, 4.69) is 0 Å². The smallest absolute Gasteiger partial charge is 0.304 e. The number of carboxylic acids is 1. The molecule has 0 heterocycles. The van der Waals surface area contributed by atoms with Crippen LogP contribution in [0, 0.1) is 0 Å². The molecule has 0 bridgehead atoms. The van der Waals surface area contributed by atoms with Crippen molar-refractivity contribution in [2.75, 3.05) is 7.11 Å². The molecule has 1 aromatic rings. The molecular formula is C12H14O4. The number of hydrogen-bond acceptors (Lipinski definition) is 3. The zero-order chi connectivity index (χ0) is 11.8. The van der Waals surface area contributed by atoms with Gasteiger partial charge in [-0.05, 0) is 30.5 Å². The number of aliphatic carboxylic acids is 1. The summed E-state index contributed by atoms with van der Waals surface area (Å²) in [6, 6.07) is 5.05. The largest absolute Gasteiger partial charge is 0.504 e. The van der Waals surface area contributed by atoms with Gasteiger partial charge in [-0.25, -0.2) is 0 Å². The van der Waals surface area contributed by atoms with Gasteiger partial charge in [-0.3, -0.25) is 4.79 Å². The zero-order valence-corrected chi connectivity index (χ0v) is 9.06. The Morgan fingerprint density at radius 2 is 2.19 bits per heavy atom. The third-order valence-corrected chi connectivity index (χ3v) is 3.14. The predicted octanol–water partition coefficient (Wildman–Crippen LogP) is 1.91. The Balaban J connectivity index is 2.30. The predicted molar refractivity (Wildman–Crippen MR) is 57.8 cm³/mol. The van der Waals surface area contributed by atoms with Crippen molar-refractivity contribution >= 4 is 5.97 Å². The molecule has 1 aromatic carbocycles. The van der Waals surface area contributed by atoms with Crippen LogP contribution >= 0.6 is 0 Å². The average molecular weight is 222 g/mol. The van der Waals surface area contributed by atoms with Crippen LogP contribution in [0.25, 0.3) is 0 Å². The van der Waals surface area contributed by atoms with Crippen molar-refractivity contribution in [1.29, 1.82) is 0 Å². The average Bonchev–Trinajstić information content (AvgIpc) is 2.98. The minimum Gasteiger partial charge on any atom is -0.504 e. The van der Waals surface area contributed by atoms with Crippen LogP contribution in [0.4, 0.5) is 0 Å². The lowest BCUT2D eigenvalue weighted by atomic mass is 9.92. The van der Waals surface area contributed by atoms with Gasteiger partial charge in [0.1, 0.15) is 0 Å². The van der Waals surface area contributed by atoms with Gasteiger partial charge in [0.25, 0.3) is 0 Å². The van der Waals surface area contributed by atoms with Crippen LogP contribution in [0.5, 0.6) is 11.5 Å². The molecule has 0 radical (unpaired) electrons. The van der Waals surface area contributed by atoms with Gasteiger partial charge in [0, 0.05) is 5.41 Å².